The third-order valence-corrected chi connectivity index (χ3v) is 2.60. The Morgan fingerprint density at radius 3 is 2.73 bits per heavy atom. The van der Waals surface area contributed by atoms with Gasteiger partial charge in [-0.1, -0.05) is 20.2 Å². The highest BCUT2D eigenvalue weighted by molar-refractivity contribution is 6.08. The molecule has 2 radical (unpaired) electrons. The predicted molar refractivity (Wildman–Crippen MR) is 47.8 cm³/mol. The summed E-state index contributed by atoms with van der Waals surface area (Å²) >= 11 is 0. The first kappa shape index (κ1) is 9.12. The lowest BCUT2D eigenvalue weighted by atomic mass is 9.80. The molecule has 1 aliphatic heterocycles. The maximum absolute atomic E-state index is 5.59. The first-order valence-corrected chi connectivity index (χ1v) is 4.51. The van der Waals surface area contributed by atoms with Crippen LogP contribution >= 0.6 is 0 Å². The summed E-state index contributed by atoms with van der Waals surface area (Å²) in [5, 5.41) is 0. The van der Waals surface area contributed by atoms with E-state index in [9.17, 15) is 0 Å². The standard InChI is InChI=1S/C9H17BO/c1-7(2)9-3-8(4-10)5-11-6-9/h7-9H,3-6H2,1-2H3. The Kier molecular flexibility index (Phi) is 3.44. The zero-order valence-electron chi connectivity index (χ0n) is 7.55. The lowest BCUT2D eigenvalue weighted by molar-refractivity contribution is 0.00555. The molecule has 0 spiro atoms. The van der Waals surface area contributed by atoms with Gasteiger partial charge < -0.3 is 4.74 Å². The largest absolute Gasteiger partial charge is 0.381 e. The summed E-state index contributed by atoms with van der Waals surface area (Å²) in [7, 11) is 5.59. The van der Waals surface area contributed by atoms with E-state index in [0.717, 1.165) is 31.4 Å². The van der Waals surface area contributed by atoms with Gasteiger partial charge in [0.2, 0.25) is 0 Å². The van der Waals surface area contributed by atoms with E-state index in [1.54, 1.807) is 0 Å². The minimum absolute atomic E-state index is 0.608. The SMILES string of the molecule is [B]CC1COCC(C(C)C)C1. The molecule has 1 nitrogen and oxygen atoms in total. The summed E-state index contributed by atoms with van der Waals surface area (Å²) in [6, 6.07) is 0. The van der Waals surface area contributed by atoms with Gasteiger partial charge in [0.15, 0.2) is 0 Å². The lowest BCUT2D eigenvalue weighted by Crippen LogP contribution is -2.28. The molecule has 0 amide bonds. The van der Waals surface area contributed by atoms with Crippen LogP contribution in [0.3, 0.4) is 0 Å². The smallest absolute Gasteiger partial charge is 0.0657 e. The molecule has 1 fully saturated rings. The van der Waals surface area contributed by atoms with Crippen LogP contribution in [0, 0.1) is 17.8 Å². The minimum atomic E-state index is 0.608. The second kappa shape index (κ2) is 4.15. The molecule has 1 heterocycles. The molecule has 1 rings (SSSR count). The predicted octanol–water partition coefficient (Wildman–Crippen LogP) is 1.88. The number of hydrogen-bond acceptors (Lipinski definition) is 1. The molecule has 1 saturated heterocycles. The third kappa shape index (κ3) is 2.51. The Labute approximate surface area is 70.9 Å². The molecule has 2 unspecified atom stereocenters. The van der Waals surface area contributed by atoms with Gasteiger partial charge in [0.05, 0.1) is 7.85 Å². The molecule has 0 aliphatic carbocycles. The summed E-state index contributed by atoms with van der Waals surface area (Å²) in [5.74, 6) is 2.08. The van der Waals surface area contributed by atoms with Crippen molar-refractivity contribution in [3.63, 3.8) is 0 Å². The van der Waals surface area contributed by atoms with Crippen molar-refractivity contribution >= 4 is 7.85 Å². The molecule has 62 valence electrons. The monoisotopic (exact) mass is 152 g/mol. The van der Waals surface area contributed by atoms with E-state index in [0.29, 0.717) is 5.92 Å². The van der Waals surface area contributed by atoms with Crippen LogP contribution < -0.4 is 0 Å². The van der Waals surface area contributed by atoms with E-state index < -0.39 is 0 Å². The van der Waals surface area contributed by atoms with E-state index >= 15 is 0 Å². The van der Waals surface area contributed by atoms with Crippen LogP contribution in [0.4, 0.5) is 0 Å². The average Bonchev–Trinajstić information content (AvgIpc) is 2.05. The van der Waals surface area contributed by atoms with Crippen molar-refractivity contribution < 1.29 is 4.74 Å². The number of rotatable bonds is 2. The Hall–Kier alpha value is 0.0249. The lowest BCUT2D eigenvalue weighted by Gasteiger charge is -2.31. The Morgan fingerprint density at radius 1 is 1.45 bits per heavy atom. The molecule has 2 atom stereocenters. The van der Waals surface area contributed by atoms with Crippen molar-refractivity contribution in [1.82, 2.24) is 0 Å². The second-order valence-electron chi connectivity index (χ2n) is 3.88. The maximum atomic E-state index is 5.59. The van der Waals surface area contributed by atoms with Crippen LogP contribution in [0.15, 0.2) is 0 Å². The minimum Gasteiger partial charge on any atom is -0.381 e. The zero-order valence-corrected chi connectivity index (χ0v) is 7.55. The molecule has 0 aromatic heterocycles. The highest BCUT2D eigenvalue weighted by atomic mass is 16.5. The summed E-state index contributed by atoms with van der Waals surface area (Å²) in [5.41, 5.74) is 0. The number of hydrogen-bond donors (Lipinski definition) is 0. The zero-order chi connectivity index (χ0) is 8.27. The van der Waals surface area contributed by atoms with Crippen LogP contribution in [0.1, 0.15) is 20.3 Å². The normalized spacial score (nSPS) is 32.6. The third-order valence-electron chi connectivity index (χ3n) is 2.60. The molecule has 0 aromatic carbocycles. The molecule has 0 N–H and O–H groups in total. The molecule has 0 bridgehead atoms. The van der Waals surface area contributed by atoms with Gasteiger partial charge in [-0.25, -0.2) is 0 Å². The van der Waals surface area contributed by atoms with Gasteiger partial charge in [0.25, 0.3) is 0 Å². The fraction of sp³-hybridized carbons (Fsp3) is 1.00. The van der Waals surface area contributed by atoms with Gasteiger partial charge >= 0.3 is 0 Å². The molecule has 0 saturated carbocycles. The van der Waals surface area contributed by atoms with Crippen molar-refractivity contribution in [3.05, 3.63) is 0 Å². The fourth-order valence-corrected chi connectivity index (χ4v) is 1.58. The molecular formula is C9H17BO. The van der Waals surface area contributed by atoms with Gasteiger partial charge in [0, 0.05) is 13.2 Å². The van der Waals surface area contributed by atoms with Gasteiger partial charge in [-0.2, -0.15) is 0 Å². The van der Waals surface area contributed by atoms with Crippen LogP contribution in [0.2, 0.25) is 6.32 Å². The molecule has 1 aliphatic rings. The van der Waals surface area contributed by atoms with E-state index in [1.807, 2.05) is 0 Å². The molecular weight excluding hydrogens is 135 g/mol. The average molecular weight is 152 g/mol. The van der Waals surface area contributed by atoms with E-state index in [2.05, 4.69) is 13.8 Å². The first-order chi connectivity index (χ1) is 5.24. The van der Waals surface area contributed by atoms with Crippen molar-refractivity contribution in [2.24, 2.45) is 17.8 Å². The Balaban J connectivity index is 2.33. The Morgan fingerprint density at radius 2 is 2.18 bits per heavy atom. The summed E-state index contributed by atoms with van der Waals surface area (Å²) in [4.78, 5) is 0. The summed E-state index contributed by atoms with van der Waals surface area (Å²) < 4.78 is 5.47. The van der Waals surface area contributed by atoms with Gasteiger partial charge in [0.1, 0.15) is 0 Å². The Bertz CT molecular complexity index is 114. The van der Waals surface area contributed by atoms with Crippen molar-refractivity contribution in [1.29, 1.82) is 0 Å². The van der Waals surface area contributed by atoms with Crippen LogP contribution in [-0.2, 0) is 4.74 Å². The molecule has 2 heteroatoms. The molecule has 11 heavy (non-hydrogen) atoms. The quantitative estimate of drug-likeness (QED) is 0.549. The maximum Gasteiger partial charge on any atom is 0.0657 e. The van der Waals surface area contributed by atoms with E-state index in [4.69, 9.17) is 12.6 Å². The topological polar surface area (TPSA) is 9.23 Å². The van der Waals surface area contributed by atoms with Crippen LogP contribution in [-0.4, -0.2) is 21.1 Å². The van der Waals surface area contributed by atoms with E-state index in [1.165, 1.54) is 6.42 Å². The van der Waals surface area contributed by atoms with Gasteiger partial charge in [-0.3, -0.25) is 0 Å². The van der Waals surface area contributed by atoms with Crippen molar-refractivity contribution in [2.45, 2.75) is 26.6 Å². The van der Waals surface area contributed by atoms with E-state index in [-0.39, 0.29) is 0 Å². The highest BCUT2D eigenvalue weighted by Gasteiger charge is 2.23. The highest BCUT2D eigenvalue weighted by Crippen LogP contribution is 2.26. The number of ether oxygens (including phenoxy) is 1. The summed E-state index contributed by atoms with van der Waals surface area (Å²) in [6.07, 6.45) is 2.04. The molecule has 0 aromatic rings. The van der Waals surface area contributed by atoms with Crippen molar-refractivity contribution in [3.8, 4) is 0 Å². The summed E-state index contributed by atoms with van der Waals surface area (Å²) in [6.45, 7) is 6.33. The van der Waals surface area contributed by atoms with Crippen LogP contribution in [0.5, 0.6) is 0 Å². The van der Waals surface area contributed by atoms with Crippen LogP contribution in [0.25, 0.3) is 0 Å². The van der Waals surface area contributed by atoms with Gasteiger partial charge in [-0.05, 0) is 24.2 Å². The first-order valence-electron chi connectivity index (χ1n) is 4.51. The fourth-order valence-electron chi connectivity index (χ4n) is 1.58. The van der Waals surface area contributed by atoms with Crippen molar-refractivity contribution in [2.75, 3.05) is 13.2 Å². The second-order valence-corrected chi connectivity index (χ2v) is 3.88. The van der Waals surface area contributed by atoms with Gasteiger partial charge in [-0.15, -0.1) is 0 Å².